The highest BCUT2D eigenvalue weighted by atomic mass is 35.5. The van der Waals surface area contributed by atoms with Crippen molar-refractivity contribution in [1.82, 2.24) is 0 Å². The van der Waals surface area contributed by atoms with Crippen molar-refractivity contribution in [2.45, 2.75) is 26.3 Å². The van der Waals surface area contributed by atoms with Crippen LogP contribution in [0.2, 0.25) is 5.02 Å². The average Bonchev–Trinajstić information content (AvgIpc) is 2.47. The van der Waals surface area contributed by atoms with Crippen LogP contribution in [0.25, 0.3) is 12.2 Å². The Morgan fingerprint density at radius 3 is 2.05 bits per heavy atom. The maximum atomic E-state index is 13.1. The van der Waals surface area contributed by atoms with Gasteiger partial charge in [-0.15, -0.1) is 0 Å². The van der Waals surface area contributed by atoms with Crippen molar-refractivity contribution < 1.29 is 4.39 Å². The van der Waals surface area contributed by atoms with Gasteiger partial charge in [-0.2, -0.15) is 0 Å². The summed E-state index contributed by atoms with van der Waals surface area (Å²) in [5.41, 5.74) is 2.93. The maximum absolute atomic E-state index is 13.1. The third kappa shape index (κ3) is 5.12. The molecule has 0 unspecified atom stereocenters. The van der Waals surface area contributed by atoms with E-state index in [0.717, 1.165) is 16.7 Å². The summed E-state index contributed by atoms with van der Waals surface area (Å²) in [6.07, 6.45) is 5.76. The molecular weight excluding hydrogens is 297 g/mol. The summed E-state index contributed by atoms with van der Waals surface area (Å²) in [6, 6.07) is 12.8. The Morgan fingerprint density at radius 2 is 1.45 bits per heavy atom. The van der Waals surface area contributed by atoms with Crippen molar-refractivity contribution >= 4 is 30.0 Å². The number of hydrogen-bond acceptors (Lipinski definition) is 1. The fourth-order valence-electron chi connectivity index (χ4n) is 1.77. The van der Waals surface area contributed by atoms with E-state index in [0.29, 0.717) is 0 Å². The Bertz CT molecular complexity index is 694. The van der Waals surface area contributed by atoms with E-state index in [4.69, 9.17) is 11.6 Å². The number of hydrogen-bond donors (Lipinski definition) is 0. The van der Waals surface area contributed by atoms with Crippen LogP contribution in [0.3, 0.4) is 0 Å². The van der Waals surface area contributed by atoms with Gasteiger partial charge in [-0.25, -0.2) is 4.39 Å². The Hall–Kier alpha value is -1.93. The van der Waals surface area contributed by atoms with Crippen molar-refractivity contribution in [3.63, 3.8) is 0 Å². The van der Waals surface area contributed by atoms with Crippen LogP contribution in [-0.2, 0) is 0 Å². The van der Waals surface area contributed by atoms with Crippen molar-refractivity contribution in [2.24, 2.45) is 4.99 Å². The van der Waals surface area contributed by atoms with Crippen molar-refractivity contribution in [3.05, 3.63) is 70.0 Å². The Labute approximate surface area is 136 Å². The summed E-state index contributed by atoms with van der Waals surface area (Å²) < 4.78 is 13.1. The first-order valence-corrected chi connectivity index (χ1v) is 7.50. The minimum absolute atomic E-state index is 0.0690. The second-order valence-corrected chi connectivity index (χ2v) is 6.51. The van der Waals surface area contributed by atoms with Crippen LogP contribution in [0, 0.1) is 5.82 Å². The molecule has 22 heavy (non-hydrogen) atoms. The number of nitrogens with zero attached hydrogens (tertiary/aromatic N) is 1. The summed E-state index contributed by atoms with van der Waals surface area (Å²) >= 11 is 5.76. The fraction of sp³-hybridized carbons (Fsp3) is 0.211. The lowest BCUT2D eigenvalue weighted by atomic mass is 10.1. The molecular formula is C19H19ClFN. The van der Waals surface area contributed by atoms with Crippen LogP contribution in [0.4, 0.5) is 4.39 Å². The highest BCUT2D eigenvalue weighted by molar-refractivity contribution is 6.30. The normalized spacial score (nSPS) is 12.4. The van der Waals surface area contributed by atoms with Crippen LogP contribution in [0.5, 0.6) is 0 Å². The Morgan fingerprint density at radius 1 is 0.909 bits per heavy atom. The van der Waals surface area contributed by atoms with Gasteiger partial charge in [-0.3, -0.25) is 4.99 Å². The van der Waals surface area contributed by atoms with Crippen molar-refractivity contribution in [1.29, 1.82) is 0 Å². The second-order valence-electron chi connectivity index (χ2n) is 6.10. The van der Waals surface area contributed by atoms with Gasteiger partial charge in [0.2, 0.25) is 0 Å². The van der Waals surface area contributed by atoms with E-state index in [2.05, 4.69) is 25.8 Å². The summed E-state index contributed by atoms with van der Waals surface area (Å²) in [6.45, 7) is 6.19. The fourth-order valence-corrected chi connectivity index (χ4v) is 1.96. The molecule has 3 heteroatoms. The van der Waals surface area contributed by atoms with Gasteiger partial charge < -0.3 is 0 Å². The number of aliphatic imine (C=N–C) groups is 1. The van der Waals surface area contributed by atoms with Crippen molar-refractivity contribution in [3.8, 4) is 0 Å². The number of benzene rings is 2. The third-order valence-corrected chi connectivity index (χ3v) is 3.24. The van der Waals surface area contributed by atoms with Gasteiger partial charge in [-0.05, 0) is 49.6 Å². The molecule has 2 rings (SSSR count). The smallest absolute Gasteiger partial charge is 0.141 e. The van der Waals surface area contributed by atoms with Gasteiger partial charge in [0.25, 0.3) is 0 Å². The van der Waals surface area contributed by atoms with E-state index in [1.807, 2.05) is 42.6 Å². The summed E-state index contributed by atoms with van der Waals surface area (Å²) in [7, 11) is 0. The van der Waals surface area contributed by atoms with Crippen LogP contribution >= 0.6 is 11.6 Å². The van der Waals surface area contributed by atoms with Gasteiger partial charge in [0.05, 0.1) is 10.6 Å². The molecule has 0 aliphatic carbocycles. The van der Waals surface area contributed by atoms with E-state index in [1.54, 1.807) is 12.1 Å². The lowest BCUT2D eigenvalue weighted by Crippen LogP contribution is -2.09. The summed E-state index contributed by atoms with van der Waals surface area (Å²) in [5.74, 6) is -0.402. The largest absolute Gasteiger partial charge is 0.287 e. The minimum atomic E-state index is -0.402. The molecule has 1 nitrogen and oxygen atoms in total. The predicted molar refractivity (Wildman–Crippen MR) is 94.1 cm³/mol. The van der Waals surface area contributed by atoms with E-state index in [1.165, 1.54) is 6.07 Å². The van der Waals surface area contributed by atoms with Gasteiger partial charge in [0, 0.05) is 6.21 Å². The molecule has 0 radical (unpaired) electrons. The molecule has 0 fully saturated rings. The number of halogens is 2. The molecule has 0 N–H and O–H groups in total. The molecule has 2 aromatic rings. The molecule has 0 spiro atoms. The quantitative estimate of drug-likeness (QED) is 0.496. The topological polar surface area (TPSA) is 12.4 Å². The van der Waals surface area contributed by atoms with Crippen LogP contribution in [0.1, 0.15) is 37.5 Å². The monoisotopic (exact) mass is 315 g/mol. The first-order valence-electron chi connectivity index (χ1n) is 7.12. The summed E-state index contributed by atoms with van der Waals surface area (Å²) in [4.78, 5) is 4.47. The molecule has 0 saturated heterocycles. The molecule has 0 heterocycles. The van der Waals surface area contributed by atoms with Crippen LogP contribution in [0.15, 0.2) is 47.5 Å². The third-order valence-electron chi connectivity index (χ3n) is 2.95. The van der Waals surface area contributed by atoms with E-state index in [-0.39, 0.29) is 10.6 Å². The molecule has 0 aliphatic rings. The van der Waals surface area contributed by atoms with E-state index < -0.39 is 5.82 Å². The zero-order valence-electron chi connectivity index (χ0n) is 13.0. The minimum Gasteiger partial charge on any atom is -0.287 e. The number of rotatable bonds is 3. The molecule has 0 aromatic heterocycles. The SMILES string of the molecule is CC(C)(C)N=Cc1ccc(C=Cc2ccc(F)c(Cl)c2)cc1. The Balaban J connectivity index is 2.09. The standard InChI is InChI=1S/C19H19ClFN/c1-19(2,3)22-13-16-8-5-14(6-9-16)4-7-15-10-11-18(21)17(20)12-15/h4-13H,1-3H3. The molecule has 0 aliphatic heterocycles. The molecule has 114 valence electrons. The molecule has 0 atom stereocenters. The van der Waals surface area contributed by atoms with Gasteiger partial charge >= 0.3 is 0 Å². The zero-order chi connectivity index (χ0) is 16.2. The van der Waals surface area contributed by atoms with Gasteiger partial charge in [0.15, 0.2) is 0 Å². The first-order chi connectivity index (χ1) is 10.3. The summed E-state index contributed by atoms with van der Waals surface area (Å²) in [5, 5.41) is 0.135. The van der Waals surface area contributed by atoms with Crippen LogP contribution in [-0.4, -0.2) is 11.8 Å². The predicted octanol–water partition coefficient (Wildman–Crippen LogP) is 5.87. The van der Waals surface area contributed by atoms with E-state index in [9.17, 15) is 4.39 Å². The molecule has 0 saturated carbocycles. The van der Waals surface area contributed by atoms with Crippen molar-refractivity contribution in [2.75, 3.05) is 0 Å². The second kappa shape index (κ2) is 6.89. The zero-order valence-corrected chi connectivity index (χ0v) is 13.7. The molecule has 0 bridgehead atoms. The lowest BCUT2D eigenvalue weighted by molar-refractivity contribution is 0.586. The van der Waals surface area contributed by atoms with Gasteiger partial charge in [0.1, 0.15) is 5.82 Å². The Kier molecular flexibility index (Phi) is 5.15. The molecule has 2 aromatic carbocycles. The molecule has 0 amide bonds. The highest BCUT2D eigenvalue weighted by Gasteiger charge is 2.04. The maximum Gasteiger partial charge on any atom is 0.141 e. The van der Waals surface area contributed by atoms with Crippen LogP contribution < -0.4 is 0 Å². The first kappa shape index (κ1) is 16.4. The van der Waals surface area contributed by atoms with Gasteiger partial charge in [-0.1, -0.05) is 54.1 Å². The van der Waals surface area contributed by atoms with E-state index >= 15 is 0 Å². The lowest BCUT2D eigenvalue weighted by Gasteiger charge is -2.10. The highest BCUT2D eigenvalue weighted by Crippen LogP contribution is 2.18. The average molecular weight is 316 g/mol.